The number of halogens is 1. The van der Waals surface area contributed by atoms with Gasteiger partial charge in [0.2, 0.25) is 5.91 Å². The fourth-order valence-electron chi connectivity index (χ4n) is 1.05. The van der Waals surface area contributed by atoms with Crippen LogP contribution in [0.25, 0.3) is 0 Å². The van der Waals surface area contributed by atoms with Crippen LogP contribution in [0.3, 0.4) is 0 Å². The minimum absolute atomic E-state index is 0.0739. The summed E-state index contributed by atoms with van der Waals surface area (Å²) in [5, 5.41) is 2.76. The summed E-state index contributed by atoms with van der Waals surface area (Å²) in [5.41, 5.74) is 1.04. The molecule has 0 saturated heterocycles. The lowest BCUT2D eigenvalue weighted by Gasteiger charge is -2.01. The van der Waals surface area contributed by atoms with Gasteiger partial charge in [0.1, 0.15) is 0 Å². The molecule has 0 radical (unpaired) electrons. The number of hydrogen-bond acceptors (Lipinski definition) is 1. The first-order valence-electron chi connectivity index (χ1n) is 4.23. The molecule has 2 nitrogen and oxygen atoms in total. The molecule has 0 saturated carbocycles. The van der Waals surface area contributed by atoms with E-state index in [1.807, 2.05) is 32.0 Å². The number of rotatable bonds is 3. The number of amides is 1. The van der Waals surface area contributed by atoms with Gasteiger partial charge in [-0.3, -0.25) is 4.79 Å². The predicted molar refractivity (Wildman–Crippen MR) is 61.7 cm³/mol. The van der Waals surface area contributed by atoms with Gasteiger partial charge in [-0.1, -0.05) is 28.1 Å². The highest BCUT2D eigenvalue weighted by atomic mass is 79.9. The second kappa shape index (κ2) is 5.12. The Kier molecular flexibility index (Phi) is 4.09. The molecule has 13 heavy (non-hydrogen) atoms. The molecule has 1 rings (SSSR count). The van der Waals surface area contributed by atoms with Crippen LogP contribution >= 0.6 is 15.9 Å². The third-order valence-electron chi connectivity index (χ3n) is 1.65. The molecule has 1 aromatic rings. The maximum atomic E-state index is 11.2. The van der Waals surface area contributed by atoms with Gasteiger partial charge in [0.05, 0.1) is 14.2 Å². The van der Waals surface area contributed by atoms with Gasteiger partial charge in [-0.25, -0.2) is 0 Å². The number of nitrogens with one attached hydrogen (secondary N) is 1. The van der Waals surface area contributed by atoms with E-state index in [-0.39, 0.29) is 5.91 Å². The lowest BCUT2D eigenvalue weighted by Crippen LogP contribution is -2.28. The Morgan fingerprint density at radius 1 is 1.46 bits per heavy atom. The first-order chi connectivity index (χ1) is 6.22. The molecule has 5 heteroatoms. The first-order valence-corrected chi connectivity index (χ1v) is 5.03. The molecule has 0 aliphatic carbocycles. The summed E-state index contributed by atoms with van der Waals surface area (Å²) in [7, 11) is 2.61. The Bertz CT molecular complexity index is 289. The monoisotopic (exact) mass is 237 g/mol. The standard InChI is InChI=1S/C8H10B2BrNO/c9-10-12-8(13)5-6-1-3-7(11)4-2-6/h1-4,10H,5,9H2,(H,12,13). The lowest BCUT2D eigenvalue weighted by atomic mass is 9.67. The maximum absolute atomic E-state index is 11.2. The molecule has 66 valence electrons. The van der Waals surface area contributed by atoms with E-state index in [1.54, 1.807) is 0 Å². The minimum Gasteiger partial charge on any atom is -0.410 e. The highest BCUT2D eigenvalue weighted by Gasteiger charge is 2.00. The van der Waals surface area contributed by atoms with E-state index < -0.39 is 0 Å². The summed E-state index contributed by atoms with van der Waals surface area (Å²) < 4.78 is 1.03. The smallest absolute Gasteiger partial charge is 0.211 e. The summed E-state index contributed by atoms with van der Waals surface area (Å²) in [4.78, 5) is 11.2. The number of carbonyl (C=O) groups is 1. The van der Waals surface area contributed by atoms with Crippen LogP contribution in [0.2, 0.25) is 0 Å². The molecule has 0 fully saturated rings. The van der Waals surface area contributed by atoms with Gasteiger partial charge < -0.3 is 5.23 Å². The van der Waals surface area contributed by atoms with Crippen molar-refractivity contribution in [2.45, 2.75) is 6.42 Å². The van der Waals surface area contributed by atoms with Crippen LogP contribution < -0.4 is 5.23 Å². The van der Waals surface area contributed by atoms with Crippen molar-refractivity contribution < 1.29 is 4.79 Å². The minimum atomic E-state index is 0.0739. The van der Waals surface area contributed by atoms with E-state index in [0.717, 1.165) is 10.0 Å². The Morgan fingerprint density at radius 2 is 2.08 bits per heavy atom. The first kappa shape index (κ1) is 10.4. The second-order valence-corrected chi connectivity index (χ2v) is 3.67. The zero-order valence-electron chi connectivity index (χ0n) is 7.51. The van der Waals surface area contributed by atoms with E-state index in [4.69, 9.17) is 0 Å². The third kappa shape index (κ3) is 3.68. The van der Waals surface area contributed by atoms with Crippen LogP contribution in [-0.4, -0.2) is 20.9 Å². The normalized spacial score (nSPS) is 9.31. The van der Waals surface area contributed by atoms with E-state index in [2.05, 4.69) is 21.2 Å². The van der Waals surface area contributed by atoms with E-state index in [1.165, 1.54) is 0 Å². The van der Waals surface area contributed by atoms with Crippen LogP contribution in [-0.2, 0) is 11.2 Å². The Morgan fingerprint density at radius 3 is 2.62 bits per heavy atom. The Labute approximate surface area is 87.9 Å². The predicted octanol–water partition coefficient (Wildman–Crippen LogP) is 0.00740. The SMILES string of the molecule is BBNC(=O)Cc1ccc(Br)cc1. The van der Waals surface area contributed by atoms with Crippen LogP contribution in [0.5, 0.6) is 0 Å². The summed E-state index contributed by atoms with van der Waals surface area (Å²) in [6.07, 6.45) is 0.459. The molecule has 1 N–H and O–H groups in total. The van der Waals surface area contributed by atoms with Crippen molar-refractivity contribution in [1.82, 2.24) is 5.23 Å². The van der Waals surface area contributed by atoms with Crippen molar-refractivity contribution >= 4 is 36.9 Å². The van der Waals surface area contributed by atoms with Gasteiger partial charge in [0, 0.05) is 4.47 Å². The van der Waals surface area contributed by atoms with Gasteiger partial charge in [-0.05, 0) is 17.7 Å². The van der Waals surface area contributed by atoms with Gasteiger partial charge in [0.25, 0.3) is 0 Å². The maximum Gasteiger partial charge on any atom is 0.211 e. The van der Waals surface area contributed by atoms with Crippen molar-refractivity contribution in [3.63, 3.8) is 0 Å². The van der Waals surface area contributed by atoms with Gasteiger partial charge in [-0.15, -0.1) is 0 Å². The van der Waals surface area contributed by atoms with Crippen LogP contribution in [0.4, 0.5) is 0 Å². The van der Waals surface area contributed by atoms with Crippen LogP contribution in [0.1, 0.15) is 5.56 Å². The molecule has 0 aliphatic heterocycles. The highest BCUT2D eigenvalue weighted by molar-refractivity contribution is 9.10. The quantitative estimate of drug-likeness (QED) is 0.738. The lowest BCUT2D eigenvalue weighted by molar-refractivity contribution is -0.118. The molecule has 0 atom stereocenters. The average molecular weight is 238 g/mol. The Balaban J connectivity index is 2.54. The fraction of sp³-hybridized carbons (Fsp3) is 0.125. The highest BCUT2D eigenvalue weighted by Crippen LogP contribution is 2.10. The van der Waals surface area contributed by atoms with Crippen molar-refractivity contribution in [1.29, 1.82) is 0 Å². The molecular weight excluding hydrogens is 228 g/mol. The third-order valence-corrected chi connectivity index (χ3v) is 2.18. The molecule has 0 heterocycles. The van der Waals surface area contributed by atoms with Crippen molar-refractivity contribution in [2.75, 3.05) is 0 Å². The molecule has 0 aromatic heterocycles. The number of carbonyl (C=O) groups excluding carboxylic acids is 1. The second-order valence-electron chi connectivity index (χ2n) is 2.76. The van der Waals surface area contributed by atoms with E-state index in [0.29, 0.717) is 13.7 Å². The zero-order chi connectivity index (χ0) is 9.68. The molecule has 0 bridgehead atoms. The molecule has 1 aromatic carbocycles. The van der Waals surface area contributed by atoms with Gasteiger partial charge >= 0.3 is 0 Å². The zero-order valence-corrected chi connectivity index (χ0v) is 9.10. The number of benzene rings is 1. The van der Waals surface area contributed by atoms with E-state index >= 15 is 0 Å². The molecule has 0 aliphatic rings. The summed E-state index contributed by atoms with van der Waals surface area (Å²) >= 11 is 3.34. The largest absolute Gasteiger partial charge is 0.410 e. The van der Waals surface area contributed by atoms with Crippen LogP contribution in [0, 0.1) is 0 Å². The van der Waals surface area contributed by atoms with Gasteiger partial charge in [-0.2, -0.15) is 0 Å². The van der Waals surface area contributed by atoms with Crippen molar-refractivity contribution in [2.24, 2.45) is 0 Å². The summed E-state index contributed by atoms with van der Waals surface area (Å²) in [5.74, 6) is 0.0739. The van der Waals surface area contributed by atoms with Crippen molar-refractivity contribution in [3.05, 3.63) is 34.3 Å². The molecular formula is C8H10B2BrNO. The molecule has 0 unspecified atom stereocenters. The van der Waals surface area contributed by atoms with Gasteiger partial charge in [0.15, 0.2) is 7.31 Å². The van der Waals surface area contributed by atoms with Crippen LogP contribution in [0.15, 0.2) is 28.7 Å². The molecule has 1 amide bonds. The summed E-state index contributed by atoms with van der Waals surface area (Å²) in [6, 6.07) is 7.77. The summed E-state index contributed by atoms with van der Waals surface area (Å²) in [6.45, 7) is 0. The average Bonchev–Trinajstić information content (AvgIpc) is 2.09. The van der Waals surface area contributed by atoms with Crippen molar-refractivity contribution in [3.8, 4) is 0 Å². The fourth-order valence-corrected chi connectivity index (χ4v) is 1.31. The number of hydrogen-bond donors (Lipinski definition) is 1. The Hall–Kier alpha value is -0.700. The molecule has 0 spiro atoms. The van der Waals surface area contributed by atoms with E-state index in [9.17, 15) is 4.79 Å². The topological polar surface area (TPSA) is 29.1 Å².